The van der Waals surface area contributed by atoms with Gasteiger partial charge in [0, 0.05) is 5.69 Å². The number of benzene rings is 3. The molecule has 0 bridgehead atoms. The summed E-state index contributed by atoms with van der Waals surface area (Å²) in [6.45, 7) is 0.405. The van der Waals surface area contributed by atoms with Gasteiger partial charge in [-0.15, -0.1) is 0 Å². The van der Waals surface area contributed by atoms with Gasteiger partial charge in [-0.25, -0.2) is 8.42 Å². The van der Waals surface area contributed by atoms with Crippen molar-refractivity contribution in [1.29, 1.82) is 0 Å². The third-order valence-corrected chi connectivity index (χ3v) is 5.11. The lowest BCUT2D eigenvalue weighted by Crippen LogP contribution is -2.23. The van der Waals surface area contributed by atoms with Gasteiger partial charge in [-0.3, -0.25) is 4.72 Å². The van der Waals surface area contributed by atoms with E-state index >= 15 is 0 Å². The average Bonchev–Trinajstić information content (AvgIpc) is 2.68. The Morgan fingerprint density at radius 2 is 1.63 bits per heavy atom. The Bertz CT molecular complexity index is 1030. The summed E-state index contributed by atoms with van der Waals surface area (Å²) in [5.41, 5.74) is 1.15. The van der Waals surface area contributed by atoms with Crippen molar-refractivity contribution in [2.24, 2.45) is 0 Å². The van der Waals surface area contributed by atoms with E-state index in [1.54, 1.807) is 24.3 Å². The van der Waals surface area contributed by atoms with Crippen molar-refractivity contribution in [3.05, 3.63) is 90.0 Å². The first kappa shape index (κ1) is 18.5. The number of hydrogen-bond donors (Lipinski definition) is 1. The zero-order chi connectivity index (χ0) is 19.3. The maximum absolute atomic E-state index is 12.4. The molecule has 0 atom stereocenters. The van der Waals surface area contributed by atoms with E-state index in [9.17, 15) is 18.3 Å². The lowest BCUT2D eigenvalue weighted by molar-refractivity contribution is -0.255. The zero-order valence-corrected chi connectivity index (χ0v) is 15.0. The molecule has 0 saturated heterocycles. The van der Waals surface area contributed by atoms with Gasteiger partial charge in [-0.05, 0) is 47.5 Å². The van der Waals surface area contributed by atoms with Crippen molar-refractivity contribution in [2.75, 3.05) is 4.72 Å². The minimum atomic E-state index is -3.92. The van der Waals surface area contributed by atoms with Gasteiger partial charge in [-0.1, -0.05) is 42.5 Å². The first-order chi connectivity index (χ1) is 12.9. The van der Waals surface area contributed by atoms with Gasteiger partial charge in [0.2, 0.25) is 0 Å². The third-order valence-electron chi connectivity index (χ3n) is 3.73. The molecule has 0 aliphatic rings. The van der Waals surface area contributed by atoms with Crippen LogP contribution in [0.2, 0.25) is 0 Å². The molecule has 0 saturated carbocycles. The number of aromatic carboxylic acids is 1. The summed E-state index contributed by atoms with van der Waals surface area (Å²) in [6.07, 6.45) is 0. The van der Waals surface area contributed by atoms with E-state index in [-0.39, 0.29) is 10.5 Å². The van der Waals surface area contributed by atoms with Crippen molar-refractivity contribution in [3.63, 3.8) is 0 Å². The minimum absolute atomic E-state index is 0.159. The van der Waals surface area contributed by atoms with Crippen molar-refractivity contribution < 1.29 is 23.1 Å². The van der Waals surface area contributed by atoms with Crippen LogP contribution in [0.25, 0.3) is 0 Å². The van der Waals surface area contributed by atoms with Crippen LogP contribution in [-0.4, -0.2) is 14.4 Å². The van der Waals surface area contributed by atoms with Crippen LogP contribution >= 0.6 is 0 Å². The quantitative estimate of drug-likeness (QED) is 0.677. The molecule has 3 rings (SSSR count). The highest BCUT2D eigenvalue weighted by Crippen LogP contribution is 2.21. The molecule has 7 heteroatoms. The Kier molecular flexibility index (Phi) is 5.42. The topological polar surface area (TPSA) is 95.5 Å². The van der Waals surface area contributed by atoms with Gasteiger partial charge < -0.3 is 14.6 Å². The number of carbonyl (C=O) groups is 1. The van der Waals surface area contributed by atoms with Crippen molar-refractivity contribution in [2.45, 2.75) is 11.5 Å². The molecule has 6 nitrogen and oxygen atoms in total. The molecule has 0 amide bonds. The molecule has 0 fully saturated rings. The Balaban J connectivity index is 1.68. The molecule has 0 spiro atoms. The molecule has 0 unspecified atom stereocenters. The number of nitrogens with one attached hydrogen (secondary N) is 1. The molecule has 1 N–H and O–H groups in total. The first-order valence-corrected chi connectivity index (χ1v) is 9.53. The average molecular weight is 382 g/mol. The maximum atomic E-state index is 12.4. The van der Waals surface area contributed by atoms with Crippen molar-refractivity contribution in [3.8, 4) is 5.75 Å². The maximum Gasteiger partial charge on any atom is 0.261 e. The summed E-state index contributed by atoms with van der Waals surface area (Å²) in [6, 6.07) is 21.1. The number of rotatable bonds is 7. The molecule has 0 aliphatic carbocycles. The van der Waals surface area contributed by atoms with Gasteiger partial charge in [0.15, 0.2) is 0 Å². The highest BCUT2D eigenvalue weighted by atomic mass is 32.2. The van der Waals surface area contributed by atoms with Crippen LogP contribution in [0.1, 0.15) is 15.9 Å². The number of anilines is 1. The molecule has 0 aromatic heterocycles. The molecule has 138 valence electrons. The van der Waals surface area contributed by atoms with Crippen molar-refractivity contribution >= 4 is 21.7 Å². The smallest absolute Gasteiger partial charge is 0.261 e. The van der Waals surface area contributed by atoms with Gasteiger partial charge in [0.1, 0.15) is 12.4 Å². The van der Waals surface area contributed by atoms with E-state index in [2.05, 4.69) is 4.72 Å². The molecular weight excluding hydrogens is 366 g/mol. The van der Waals surface area contributed by atoms with E-state index in [1.165, 1.54) is 18.2 Å². The summed E-state index contributed by atoms with van der Waals surface area (Å²) in [4.78, 5) is 10.7. The molecule has 3 aromatic carbocycles. The van der Waals surface area contributed by atoms with Crippen molar-refractivity contribution in [1.82, 2.24) is 0 Å². The predicted molar refractivity (Wildman–Crippen MR) is 98.8 cm³/mol. The second-order valence-electron chi connectivity index (χ2n) is 5.72. The molecule has 0 radical (unpaired) electrons. The Morgan fingerprint density at radius 1 is 0.926 bits per heavy atom. The van der Waals surface area contributed by atoms with Crippen LogP contribution in [-0.2, 0) is 16.6 Å². The number of sulfonamides is 1. The van der Waals surface area contributed by atoms with Crippen LogP contribution in [0, 0.1) is 0 Å². The van der Waals surface area contributed by atoms with Crippen LogP contribution in [0.4, 0.5) is 5.69 Å². The number of hydrogen-bond acceptors (Lipinski definition) is 5. The predicted octanol–water partition coefficient (Wildman–Crippen LogP) is 2.43. The first-order valence-electron chi connectivity index (χ1n) is 8.05. The summed E-state index contributed by atoms with van der Waals surface area (Å²) in [7, 11) is -3.92. The lowest BCUT2D eigenvalue weighted by Gasteiger charge is -2.11. The summed E-state index contributed by atoms with van der Waals surface area (Å²) >= 11 is 0. The normalized spacial score (nSPS) is 11.0. The van der Waals surface area contributed by atoms with Gasteiger partial charge in [0.25, 0.3) is 10.0 Å². The number of carbonyl (C=O) groups excluding carboxylic acids is 1. The SMILES string of the molecule is O=C([O-])c1cccc(S(=O)(=O)Nc2ccc(OCc3ccccc3)cc2)c1. The molecule has 27 heavy (non-hydrogen) atoms. The Morgan fingerprint density at radius 3 is 2.30 bits per heavy atom. The highest BCUT2D eigenvalue weighted by molar-refractivity contribution is 7.92. The monoisotopic (exact) mass is 382 g/mol. The Hall–Kier alpha value is -3.32. The number of carboxylic acids is 1. The van der Waals surface area contributed by atoms with Crippen LogP contribution in [0.5, 0.6) is 5.75 Å². The summed E-state index contributed by atoms with van der Waals surface area (Å²) < 4.78 is 32.9. The van der Waals surface area contributed by atoms with E-state index in [0.29, 0.717) is 18.0 Å². The third kappa shape index (κ3) is 4.86. The van der Waals surface area contributed by atoms with E-state index < -0.39 is 16.0 Å². The lowest BCUT2D eigenvalue weighted by atomic mass is 10.2. The molecular formula is C20H16NO5S-. The van der Waals surface area contributed by atoms with Crippen LogP contribution in [0.3, 0.4) is 0 Å². The molecule has 0 aliphatic heterocycles. The number of ether oxygens (including phenoxy) is 1. The zero-order valence-electron chi connectivity index (χ0n) is 14.2. The fourth-order valence-corrected chi connectivity index (χ4v) is 3.47. The number of carboxylic acid groups (broad SMARTS) is 1. The minimum Gasteiger partial charge on any atom is -0.545 e. The summed E-state index contributed by atoms with van der Waals surface area (Å²) in [5.74, 6) is -0.840. The van der Waals surface area contributed by atoms with E-state index in [4.69, 9.17) is 4.74 Å². The summed E-state index contributed by atoms with van der Waals surface area (Å²) in [5, 5.41) is 10.9. The molecule has 3 aromatic rings. The van der Waals surface area contributed by atoms with E-state index in [0.717, 1.165) is 11.6 Å². The fourth-order valence-electron chi connectivity index (χ4n) is 2.36. The van der Waals surface area contributed by atoms with Gasteiger partial charge >= 0.3 is 0 Å². The highest BCUT2D eigenvalue weighted by Gasteiger charge is 2.15. The standard InChI is InChI=1S/C20H17NO5S/c22-20(23)16-7-4-8-19(13-16)27(24,25)21-17-9-11-18(12-10-17)26-14-15-5-2-1-3-6-15/h1-13,21H,14H2,(H,22,23)/p-1. The van der Waals surface area contributed by atoms with Crippen LogP contribution < -0.4 is 14.6 Å². The second kappa shape index (κ2) is 7.92. The Labute approximate surface area is 157 Å². The van der Waals surface area contributed by atoms with E-state index in [1.807, 2.05) is 30.3 Å². The second-order valence-corrected chi connectivity index (χ2v) is 7.40. The van der Waals surface area contributed by atoms with Crippen LogP contribution in [0.15, 0.2) is 83.8 Å². The molecule has 0 heterocycles. The van der Waals surface area contributed by atoms with Gasteiger partial charge in [0.05, 0.1) is 10.9 Å². The fraction of sp³-hybridized carbons (Fsp3) is 0.0500. The largest absolute Gasteiger partial charge is 0.545 e. The van der Waals surface area contributed by atoms with Gasteiger partial charge in [-0.2, -0.15) is 0 Å².